The maximum absolute atomic E-state index is 13.6. The number of carboxylic acid groups (broad SMARTS) is 1. The number of nitrogens with one attached hydrogen (secondary N) is 1. The van der Waals surface area contributed by atoms with E-state index in [1.54, 1.807) is 0 Å². The first-order valence-corrected chi connectivity index (χ1v) is 7.64. The van der Waals surface area contributed by atoms with Crippen LogP contribution in [0, 0.1) is 12.7 Å². The van der Waals surface area contributed by atoms with E-state index in [9.17, 15) is 17.6 Å². The van der Waals surface area contributed by atoms with Gasteiger partial charge in [0, 0.05) is 0 Å². The molecule has 9 heteroatoms. The van der Waals surface area contributed by atoms with Crippen LogP contribution >= 0.6 is 11.3 Å². The lowest BCUT2D eigenvalue weighted by Crippen LogP contribution is -2.16. The molecule has 2 N–H and O–H groups in total. The Balaban J connectivity index is 2.47. The molecular weight excluding hydrogens is 307 g/mol. The molecule has 106 valence electrons. The van der Waals surface area contributed by atoms with Gasteiger partial charge in [-0.05, 0) is 18.6 Å². The number of sulfonamides is 1. The van der Waals surface area contributed by atoms with E-state index in [-0.39, 0.29) is 5.69 Å². The van der Waals surface area contributed by atoms with Crippen LogP contribution in [0.1, 0.15) is 16.1 Å². The zero-order valence-corrected chi connectivity index (χ0v) is 11.8. The van der Waals surface area contributed by atoms with Gasteiger partial charge in [-0.15, -0.1) is 11.3 Å². The molecule has 0 radical (unpaired) electrons. The number of anilines is 1. The zero-order valence-electron chi connectivity index (χ0n) is 10.1. The smallest absolute Gasteiger partial charge is 0.356 e. The average molecular weight is 316 g/mol. The lowest BCUT2D eigenvalue weighted by Gasteiger charge is -2.10. The maximum Gasteiger partial charge on any atom is 0.356 e. The molecule has 0 saturated carbocycles. The average Bonchev–Trinajstić information content (AvgIpc) is 2.84. The van der Waals surface area contributed by atoms with Crippen molar-refractivity contribution in [1.82, 2.24) is 4.98 Å². The SMILES string of the molecule is Cc1cccc(F)c1NS(=O)(=O)c1scnc1C(=O)O. The first-order chi connectivity index (χ1) is 9.33. The summed E-state index contributed by atoms with van der Waals surface area (Å²) in [7, 11) is -4.21. The van der Waals surface area contributed by atoms with Crippen LogP contribution in [0.3, 0.4) is 0 Å². The summed E-state index contributed by atoms with van der Waals surface area (Å²) in [6.45, 7) is 1.53. The van der Waals surface area contributed by atoms with Crippen molar-refractivity contribution in [3.05, 3.63) is 40.8 Å². The Labute approximate surface area is 118 Å². The molecule has 1 aromatic carbocycles. The van der Waals surface area contributed by atoms with E-state index in [1.165, 1.54) is 19.1 Å². The minimum absolute atomic E-state index is 0.211. The molecule has 0 fully saturated rings. The number of carboxylic acids is 1. The van der Waals surface area contributed by atoms with Crippen molar-refractivity contribution in [2.24, 2.45) is 0 Å². The molecule has 0 saturated heterocycles. The summed E-state index contributed by atoms with van der Waals surface area (Å²) in [6, 6.07) is 4.08. The molecule has 2 rings (SSSR count). The molecule has 0 aliphatic carbocycles. The summed E-state index contributed by atoms with van der Waals surface area (Å²) in [4.78, 5) is 14.4. The Morgan fingerprint density at radius 1 is 1.45 bits per heavy atom. The van der Waals surface area contributed by atoms with Gasteiger partial charge in [0.05, 0.1) is 11.2 Å². The lowest BCUT2D eigenvalue weighted by molar-refractivity contribution is 0.0687. The number of para-hydroxylation sites is 1. The largest absolute Gasteiger partial charge is 0.476 e. The highest BCUT2D eigenvalue weighted by molar-refractivity contribution is 7.94. The topological polar surface area (TPSA) is 96.4 Å². The molecule has 0 unspecified atom stereocenters. The second-order valence-corrected chi connectivity index (χ2v) is 6.56. The maximum atomic E-state index is 13.6. The van der Waals surface area contributed by atoms with Crippen LogP contribution in [0.15, 0.2) is 27.9 Å². The fourth-order valence-corrected chi connectivity index (χ4v) is 3.79. The van der Waals surface area contributed by atoms with Gasteiger partial charge in [0.25, 0.3) is 10.0 Å². The third-order valence-electron chi connectivity index (χ3n) is 2.44. The predicted octanol–water partition coefficient (Wildman–Crippen LogP) is 2.09. The van der Waals surface area contributed by atoms with Gasteiger partial charge in [0.15, 0.2) is 9.90 Å². The van der Waals surface area contributed by atoms with Crippen LogP contribution in [0.4, 0.5) is 10.1 Å². The molecule has 0 spiro atoms. The number of rotatable bonds is 4. The molecule has 2 aromatic rings. The number of hydrogen-bond acceptors (Lipinski definition) is 5. The van der Waals surface area contributed by atoms with Crippen molar-refractivity contribution in [2.75, 3.05) is 4.72 Å². The number of aromatic nitrogens is 1. The summed E-state index contributed by atoms with van der Waals surface area (Å²) in [6.07, 6.45) is 0. The van der Waals surface area contributed by atoms with Crippen molar-refractivity contribution in [2.45, 2.75) is 11.1 Å². The molecule has 0 aliphatic heterocycles. The summed E-state index contributed by atoms with van der Waals surface area (Å²) in [5, 5.41) is 8.87. The highest BCUT2D eigenvalue weighted by atomic mass is 32.2. The van der Waals surface area contributed by atoms with Gasteiger partial charge in [-0.1, -0.05) is 12.1 Å². The Kier molecular flexibility index (Phi) is 3.73. The molecule has 0 amide bonds. The van der Waals surface area contributed by atoms with Gasteiger partial charge >= 0.3 is 5.97 Å². The number of carbonyl (C=O) groups is 1. The van der Waals surface area contributed by atoms with Gasteiger partial charge in [0.1, 0.15) is 5.82 Å². The van der Waals surface area contributed by atoms with Crippen LogP contribution in [-0.4, -0.2) is 24.5 Å². The Hall–Kier alpha value is -2.00. The monoisotopic (exact) mass is 316 g/mol. The second kappa shape index (κ2) is 5.17. The number of aromatic carboxylic acids is 1. The number of benzene rings is 1. The Morgan fingerprint density at radius 3 is 2.75 bits per heavy atom. The fraction of sp³-hybridized carbons (Fsp3) is 0.0909. The van der Waals surface area contributed by atoms with Crippen LogP contribution in [0.25, 0.3) is 0 Å². The predicted molar refractivity (Wildman–Crippen MR) is 71.0 cm³/mol. The van der Waals surface area contributed by atoms with Gasteiger partial charge < -0.3 is 5.11 Å². The van der Waals surface area contributed by atoms with Crippen LogP contribution in [0.2, 0.25) is 0 Å². The number of thiazole rings is 1. The van der Waals surface area contributed by atoms with Gasteiger partial charge in [-0.2, -0.15) is 0 Å². The Bertz CT molecular complexity index is 750. The number of hydrogen-bond donors (Lipinski definition) is 2. The zero-order chi connectivity index (χ0) is 14.9. The van der Waals surface area contributed by atoms with Gasteiger partial charge in [0.2, 0.25) is 0 Å². The van der Waals surface area contributed by atoms with E-state index in [0.29, 0.717) is 16.9 Å². The summed E-state index contributed by atoms with van der Waals surface area (Å²) in [5.41, 5.74) is 0.690. The van der Waals surface area contributed by atoms with E-state index < -0.39 is 31.7 Å². The Morgan fingerprint density at radius 2 is 2.15 bits per heavy atom. The van der Waals surface area contributed by atoms with Gasteiger partial charge in [-0.25, -0.2) is 22.6 Å². The van der Waals surface area contributed by atoms with E-state index in [2.05, 4.69) is 9.71 Å². The molecule has 6 nitrogen and oxygen atoms in total. The normalized spacial score (nSPS) is 11.3. The van der Waals surface area contributed by atoms with Crippen molar-refractivity contribution in [3.63, 3.8) is 0 Å². The van der Waals surface area contributed by atoms with E-state index in [1.807, 2.05) is 0 Å². The number of halogens is 1. The highest BCUT2D eigenvalue weighted by Crippen LogP contribution is 2.26. The number of aryl methyl sites for hydroxylation is 1. The van der Waals surface area contributed by atoms with Crippen LogP contribution < -0.4 is 4.72 Å². The summed E-state index contributed by atoms with van der Waals surface area (Å²) < 4.78 is 39.5. The minimum Gasteiger partial charge on any atom is -0.476 e. The molecule has 1 heterocycles. The van der Waals surface area contributed by atoms with Crippen molar-refractivity contribution in [3.8, 4) is 0 Å². The second-order valence-electron chi connectivity index (χ2n) is 3.83. The highest BCUT2D eigenvalue weighted by Gasteiger charge is 2.27. The minimum atomic E-state index is -4.21. The number of nitrogens with zero attached hydrogens (tertiary/aromatic N) is 1. The summed E-state index contributed by atoms with van der Waals surface area (Å²) >= 11 is 0.651. The summed E-state index contributed by atoms with van der Waals surface area (Å²) in [5.74, 6) is -2.20. The molecule has 0 bridgehead atoms. The van der Waals surface area contributed by atoms with Crippen molar-refractivity contribution in [1.29, 1.82) is 0 Å². The first-order valence-electron chi connectivity index (χ1n) is 5.27. The van der Waals surface area contributed by atoms with Crippen LogP contribution in [-0.2, 0) is 10.0 Å². The van der Waals surface area contributed by atoms with E-state index >= 15 is 0 Å². The van der Waals surface area contributed by atoms with Crippen LogP contribution in [0.5, 0.6) is 0 Å². The quantitative estimate of drug-likeness (QED) is 0.900. The standard InChI is InChI=1S/C11H9FN2O4S2/c1-6-3-2-4-7(12)8(6)14-20(17,18)11-9(10(15)16)13-5-19-11/h2-5,14H,1H3,(H,15,16). The molecule has 1 aromatic heterocycles. The van der Waals surface area contributed by atoms with E-state index in [0.717, 1.165) is 11.6 Å². The third kappa shape index (κ3) is 2.63. The first kappa shape index (κ1) is 14.4. The third-order valence-corrected chi connectivity index (χ3v) is 5.16. The van der Waals surface area contributed by atoms with E-state index in [4.69, 9.17) is 5.11 Å². The van der Waals surface area contributed by atoms with Crippen molar-refractivity contribution < 1.29 is 22.7 Å². The van der Waals surface area contributed by atoms with Crippen molar-refractivity contribution >= 4 is 33.0 Å². The molecule has 0 aliphatic rings. The fourth-order valence-electron chi connectivity index (χ4n) is 1.51. The molecule has 20 heavy (non-hydrogen) atoms. The molecular formula is C11H9FN2O4S2. The lowest BCUT2D eigenvalue weighted by atomic mass is 10.2. The van der Waals surface area contributed by atoms with Gasteiger partial charge in [-0.3, -0.25) is 4.72 Å². The molecule has 0 atom stereocenters.